The van der Waals surface area contributed by atoms with Gasteiger partial charge in [0.15, 0.2) is 0 Å². The minimum absolute atomic E-state index is 0.0651. The molecule has 1 saturated heterocycles. The molecule has 4 rings (SSSR count). The van der Waals surface area contributed by atoms with E-state index in [2.05, 4.69) is 30.3 Å². The molecule has 1 aliphatic rings. The van der Waals surface area contributed by atoms with E-state index < -0.39 is 0 Å². The summed E-state index contributed by atoms with van der Waals surface area (Å²) in [7, 11) is 1.85. The Morgan fingerprint density at radius 1 is 1.36 bits per heavy atom. The normalized spacial score (nSPS) is 17.8. The molecule has 0 spiro atoms. The second kappa shape index (κ2) is 6.15. The summed E-state index contributed by atoms with van der Waals surface area (Å²) < 4.78 is 3.51. The van der Waals surface area contributed by atoms with E-state index in [0.717, 1.165) is 37.4 Å². The van der Waals surface area contributed by atoms with Crippen LogP contribution in [0.5, 0.6) is 0 Å². The molecule has 3 aromatic heterocycles. The molecule has 4 heterocycles. The van der Waals surface area contributed by atoms with Crippen molar-refractivity contribution in [3.63, 3.8) is 0 Å². The van der Waals surface area contributed by atoms with Gasteiger partial charge in [0.05, 0.1) is 6.33 Å². The Kier molecular flexibility index (Phi) is 3.83. The second-order valence-corrected chi connectivity index (χ2v) is 6.41. The maximum absolute atomic E-state index is 12.4. The molecule has 3 aromatic rings. The lowest BCUT2D eigenvalue weighted by molar-refractivity contribution is 0.0928. The van der Waals surface area contributed by atoms with Gasteiger partial charge in [-0.1, -0.05) is 0 Å². The fourth-order valence-electron chi connectivity index (χ4n) is 3.23. The van der Waals surface area contributed by atoms with Gasteiger partial charge in [-0.25, -0.2) is 9.97 Å². The van der Waals surface area contributed by atoms with Crippen LogP contribution >= 0.6 is 0 Å². The zero-order valence-electron chi connectivity index (χ0n) is 14.3. The molecule has 1 N–H and O–H groups in total. The summed E-state index contributed by atoms with van der Waals surface area (Å²) in [5.41, 5.74) is 1.34. The van der Waals surface area contributed by atoms with Gasteiger partial charge in [0, 0.05) is 44.1 Å². The number of nitrogens with one attached hydrogen (secondary N) is 1. The molecule has 0 radical (unpaired) electrons. The third-order valence-corrected chi connectivity index (χ3v) is 4.38. The number of amides is 1. The highest BCUT2D eigenvalue weighted by atomic mass is 16.2. The van der Waals surface area contributed by atoms with Gasteiger partial charge in [-0.15, -0.1) is 0 Å². The minimum atomic E-state index is -0.135. The summed E-state index contributed by atoms with van der Waals surface area (Å²) in [6.45, 7) is 3.58. The van der Waals surface area contributed by atoms with E-state index in [-0.39, 0.29) is 11.9 Å². The smallest absolute Gasteiger partial charge is 0.271 e. The first-order valence-corrected chi connectivity index (χ1v) is 8.31. The van der Waals surface area contributed by atoms with Crippen LogP contribution in [0.3, 0.4) is 0 Å². The van der Waals surface area contributed by atoms with Gasteiger partial charge in [0.25, 0.3) is 11.7 Å². The van der Waals surface area contributed by atoms with Crippen LogP contribution in [0.2, 0.25) is 0 Å². The van der Waals surface area contributed by atoms with Gasteiger partial charge in [0.1, 0.15) is 17.8 Å². The number of carbonyl (C=O) groups is 1. The van der Waals surface area contributed by atoms with Gasteiger partial charge in [-0.3, -0.25) is 4.79 Å². The van der Waals surface area contributed by atoms with Crippen LogP contribution in [-0.4, -0.2) is 54.2 Å². The summed E-state index contributed by atoms with van der Waals surface area (Å²) in [5, 5.41) is 7.36. The lowest BCUT2D eigenvalue weighted by Gasteiger charge is -2.34. The molecule has 0 bridgehead atoms. The molecule has 130 valence electrons. The monoisotopic (exact) mass is 340 g/mol. The van der Waals surface area contributed by atoms with Crippen LogP contribution in [-0.2, 0) is 7.05 Å². The molecule has 0 aromatic carbocycles. The first-order chi connectivity index (χ1) is 12.1. The largest absolute Gasteiger partial charge is 0.354 e. The highest BCUT2D eigenvalue weighted by Gasteiger charge is 2.24. The number of fused-ring (bicyclic) bond motifs is 1. The van der Waals surface area contributed by atoms with Crippen molar-refractivity contribution in [2.24, 2.45) is 7.05 Å². The molecule has 1 amide bonds. The predicted octanol–water partition coefficient (Wildman–Crippen LogP) is 0.565. The van der Waals surface area contributed by atoms with E-state index in [1.54, 1.807) is 21.6 Å². The number of nitrogens with zero attached hydrogens (tertiary/aromatic N) is 7. The number of imidazole rings is 1. The van der Waals surface area contributed by atoms with Crippen molar-refractivity contribution in [3.8, 4) is 0 Å². The van der Waals surface area contributed by atoms with Crippen molar-refractivity contribution in [3.05, 3.63) is 36.3 Å². The third kappa shape index (κ3) is 3.04. The van der Waals surface area contributed by atoms with Crippen molar-refractivity contribution in [1.29, 1.82) is 0 Å². The van der Waals surface area contributed by atoms with Gasteiger partial charge >= 0.3 is 0 Å². The number of piperidine rings is 1. The van der Waals surface area contributed by atoms with E-state index in [1.807, 2.05) is 20.0 Å². The quantitative estimate of drug-likeness (QED) is 0.749. The molecule has 0 saturated carbocycles. The fourth-order valence-corrected chi connectivity index (χ4v) is 3.23. The third-order valence-electron chi connectivity index (χ3n) is 4.38. The fraction of sp³-hybridized carbons (Fsp3) is 0.438. The molecule has 0 aliphatic carbocycles. The Hall–Kier alpha value is -2.97. The number of carbonyl (C=O) groups excluding carboxylic acids is 1. The average Bonchev–Trinajstić information content (AvgIpc) is 3.23. The number of hydrogen-bond acceptors (Lipinski definition) is 6. The molecule has 1 unspecified atom stereocenters. The number of aromatic nitrogens is 6. The van der Waals surface area contributed by atoms with Crippen LogP contribution in [0.1, 0.15) is 29.0 Å². The first kappa shape index (κ1) is 15.6. The molecular weight excluding hydrogens is 320 g/mol. The Labute approximate surface area is 144 Å². The number of anilines is 1. The van der Waals surface area contributed by atoms with Crippen LogP contribution in [0.25, 0.3) is 5.78 Å². The number of aryl methyl sites for hydroxylation is 2. The summed E-state index contributed by atoms with van der Waals surface area (Å²) in [6.07, 6.45) is 6.80. The number of hydrogen-bond donors (Lipinski definition) is 1. The Morgan fingerprint density at radius 2 is 2.24 bits per heavy atom. The zero-order chi connectivity index (χ0) is 17.4. The summed E-state index contributed by atoms with van der Waals surface area (Å²) in [6, 6.07) is 2.07. The van der Waals surface area contributed by atoms with Gasteiger partial charge < -0.3 is 14.8 Å². The topological polar surface area (TPSA) is 93.2 Å². The van der Waals surface area contributed by atoms with Gasteiger partial charge in [-0.05, 0) is 19.8 Å². The Balaban J connectivity index is 1.52. The molecule has 25 heavy (non-hydrogen) atoms. The highest BCUT2D eigenvalue weighted by Crippen LogP contribution is 2.21. The van der Waals surface area contributed by atoms with Crippen LogP contribution in [0.15, 0.2) is 24.9 Å². The van der Waals surface area contributed by atoms with E-state index in [4.69, 9.17) is 0 Å². The molecule has 1 atom stereocenters. The molecule has 9 nitrogen and oxygen atoms in total. The van der Waals surface area contributed by atoms with Crippen molar-refractivity contribution >= 4 is 17.5 Å². The summed E-state index contributed by atoms with van der Waals surface area (Å²) >= 11 is 0. The van der Waals surface area contributed by atoms with Crippen molar-refractivity contribution in [1.82, 2.24) is 34.4 Å². The van der Waals surface area contributed by atoms with Gasteiger partial charge in [0.2, 0.25) is 0 Å². The molecular formula is C16H20N8O. The predicted molar refractivity (Wildman–Crippen MR) is 91.4 cm³/mol. The maximum Gasteiger partial charge on any atom is 0.271 e. The SMILES string of the molecule is Cc1cc(N2CCCC(NC(=O)c3cn(C)cn3)C2)n2ncnc2n1. The number of rotatable bonds is 3. The standard InChI is InChI=1S/C16H20N8O/c1-11-6-14(24-16(20-11)17-9-19-24)23-5-3-4-12(7-23)21-15(25)13-8-22(2)10-18-13/h6,8-10,12H,3-5,7H2,1-2H3,(H,21,25). The minimum Gasteiger partial charge on any atom is -0.354 e. The highest BCUT2D eigenvalue weighted by molar-refractivity contribution is 5.92. The molecule has 1 fully saturated rings. The average molecular weight is 340 g/mol. The second-order valence-electron chi connectivity index (χ2n) is 6.41. The van der Waals surface area contributed by atoms with Crippen LogP contribution in [0.4, 0.5) is 5.82 Å². The lowest BCUT2D eigenvalue weighted by Crippen LogP contribution is -2.48. The Morgan fingerprint density at radius 3 is 3.04 bits per heavy atom. The summed E-state index contributed by atoms with van der Waals surface area (Å²) in [4.78, 5) is 27.2. The molecule has 9 heteroatoms. The zero-order valence-corrected chi connectivity index (χ0v) is 14.3. The van der Waals surface area contributed by atoms with Crippen molar-refractivity contribution < 1.29 is 4.79 Å². The van der Waals surface area contributed by atoms with E-state index >= 15 is 0 Å². The van der Waals surface area contributed by atoms with Crippen molar-refractivity contribution in [2.75, 3.05) is 18.0 Å². The van der Waals surface area contributed by atoms with Crippen LogP contribution < -0.4 is 10.2 Å². The van der Waals surface area contributed by atoms with E-state index in [0.29, 0.717) is 11.5 Å². The Bertz CT molecular complexity index is 914. The maximum atomic E-state index is 12.4. The van der Waals surface area contributed by atoms with E-state index in [1.165, 1.54) is 6.33 Å². The van der Waals surface area contributed by atoms with Crippen molar-refractivity contribution in [2.45, 2.75) is 25.8 Å². The van der Waals surface area contributed by atoms with E-state index in [9.17, 15) is 4.79 Å². The molecule has 1 aliphatic heterocycles. The summed E-state index contributed by atoms with van der Waals surface area (Å²) in [5.74, 6) is 1.41. The first-order valence-electron chi connectivity index (χ1n) is 8.31. The lowest BCUT2D eigenvalue weighted by atomic mass is 10.1. The van der Waals surface area contributed by atoms with Crippen LogP contribution in [0, 0.1) is 6.92 Å². The van der Waals surface area contributed by atoms with Gasteiger partial charge in [-0.2, -0.15) is 14.6 Å².